The van der Waals surface area contributed by atoms with Crippen LogP contribution in [0.2, 0.25) is 0 Å². The number of benzene rings is 2. The highest BCUT2D eigenvalue weighted by Crippen LogP contribution is 2.19. The molecule has 124 valence electrons. The first-order valence-electron chi connectivity index (χ1n) is 8.34. The van der Waals surface area contributed by atoms with E-state index in [1.54, 1.807) is 12.1 Å². The number of hydrogen-bond donors (Lipinski definition) is 1. The maximum Gasteiger partial charge on any atom is 0.115 e. The number of phenolic OH excluding ortho intramolecular Hbond substituents is 1. The van der Waals surface area contributed by atoms with Crippen LogP contribution in [0.3, 0.4) is 0 Å². The number of hydrogen-bond acceptors (Lipinski definition) is 1. The number of aromatic hydroxyl groups is 1. The highest BCUT2D eigenvalue weighted by atomic mass is 16.3. The van der Waals surface area contributed by atoms with E-state index in [1.165, 1.54) is 0 Å². The molecule has 0 amide bonds. The van der Waals surface area contributed by atoms with E-state index in [0.29, 0.717) is 0 Å². The van der Waals surface area contributed by atoms with Crippen molar-refractivity contribution in [3.8, 4) is 29.4 Å². The Morgan fingerprint density at radius 1 is 0.880 bits per heavy atom. The Morgan fingerprint density at radius 2 is 1.52 bits per heavy atom. The van der Waals surface area contributed by atoms with Gasteiger partial charge in [0.05, 0.1) is 0 Å². The molecule has 1 atom stereocenters. The topological polar surface area (TPSA) is 20.2 Å². The third-order valence-electron chi connectivity index (χ3n) is 3.79. The minimum Gasteiger partial charge on any atom is -0.508 e. The maximum atomic E-state index is 9.34. The molecule has 1 heteroatoms. The fourth-order valence-electron chi connectivity index (χ4n) is 2.42. The van der Waals surface area contributed by atoms with Crippen molar-refractivity contribution in [2.45, 2.75) is 20.8 Å². The molecule has 0 aliphatic heterocycles. The average Bonchev–Trinajstić information content (AvgIpc) is 2.65. The van der Waals surface area contributed by atoms with Crippen LogP contribution in [0.5, 0.6) is 5.75 Å². The zero-order valence-corrected chi connectivity index (χ0v) is 14.9. The van der Waals surface area contributed by atoms with Crippen LogP contribution in [0.4, 0.5) is 0 Å². The van der Waals surface area contributed by atoms with Crippen molar-refractivity contribution in [2.75, 3.05) is 0 Å². The molecule has 2 aromatic rings. The van der Waals surface area contributed by atoms with Crippen molar-refractivity contribution < 1.29 is 5.11 Å². The molecule has 2 rings (SSSR count). The number of rotatable bonds is 2. The standard InChI is InChI=1S/C24H22O/c1-4-22(16-13-20-9-7-6-8-10-20)24(5-2)19(3)11-12-21-14-17-23(25)18-15-21/h4-10,14-15,17-19,25H,1-3H3/b22-4-,24-5-. The third kappa shape index (κ3) is 5.45. The molecule has 0 heterocycles. The fraction of sp³-hybridized carbons (Fsp3) is 0.167. The van der Waals surface area contributed by atoms with Gasteiger partial charge >= 0.3 is 0 Å². The molecular weight excluding hydrogens is 304 g/mol. The molecule has 1 nitrogen and oxygen atoms in total. The second-order valence-corrected chi connectivity index (χ2v) is 5.60. The Bertz CT molecular complexity index is 876. The van der Waals surface area contributed by atoms with Crippen LogP contribution in [0, 0.1) is 29.6 Å². The van der Waals surface area contributed by atoms with Crippen molar-refractivity contribution in [3.05, 3.63) is 89.0 Å². The molecule has 1 unspecified atom stereocenters. The summed E-state index contributed by atoms with van der Waals surface area (Å²) in [4.78, 5) is 0. The Kier molecular flexibility index (Phi) is 6.70. The summed E-state index contributed by atoms with van der Waals surface area (Å²) in [6.07, 6.45) is 4.11. The summed E-state index contributed by atoms with van der Waals surface area (Å²) in [5.74, 6) is 13.2. The Labute approximate surface area is 150 Å². The molecule has 2 aromatic carbocycles. The molecule has 1 N–H and O–H groups in total. The second kappa shape index (κ2) is 9.21. The van der Waals surface area contributed by atoms with E-state index >= 15 is 0 Å². The second-order valence-electron chi connectivity index (χ2n) is 5.60. The smallest absolute Gasteiger partial charge is 0.115 e. The maximum absolute atomic E-state index is 9.34. The largest absolute Gasteiger partial charge is 0.508 e. The molecule has 0 saturated carbocycles. The number of allylic oxidation sites excluding steroid dienone is 4. The van der Waals surface area contributed by atoms with Crippen LogP contribution in [-0.4, -0.2) is 5.11 Å². The highest BCUT2D eigenvalue weighted by Gasteiger charge is 2.08. The summed E-state index contributed by atoms with van der Waals surface area (Å²) in [6.45, 7) is 6.09. The van der Waals surface area contributed by atoms with Crippen LogP contribution in [0.25, 0.3) is 0 Å². The van der Waals surface area contributed by atoms with Crippen molar-refractivity contribution in [1.29, 1.82) is 0 Å². The molecule has 0 fully saturated rings. The van der Waals surface area contributed by atoms with E-state index in [0.717, 1.165) is 22.3 Å². The van der Waals surface area contributed by atoms with Crippen LogP contribution in [0.15, 0.2) is 77.9 Å². The summed E-state index contributed by atoms with van der Waals surface area (Å²) >= 11 is 0. The van der Waals surface area contributed by atoms with Crippen LogP contribution >= 0.6 is 0 Å². The van der Waals surface area contributed by atoms with Crippen molar-refractivity contribution in [2.24, 2.45) is 5.92 Å². The van der Waals surface area contributed by atoms with E-state index in [4.69, 9.17) is 0 Å². The lowest BCUT2D eigenvalue weighted by molar-refractivity contribution is 0.475. The van der Waals surface area contributed by atoms with E-state index in [2.05, 4.69) is 36.7 Å². The van der Waals surface area contributed by atoms with Crippen molar-refractivity contribution >= 4 is 0 Å². The summed E-state index contributed by atoms with van der Waals surface area (Å²) in [7, 11) is 0. The van der Waals surface area contributed by atoms with E-state index < -0.39 is 0 Å². The summed E-state index contributed by atoms with van der Waals surface area (Å²) in [5.41, 5.74) is 4.01. The number of phenols is 1. The van der Waals surface area contributed by atoms with Crippen molar-refractivity contribution in [3.63, 3.8) is 0 Å². The minimum absolute atomic E-state index is 0.0649. The van der Waals surface area contributed by atoms with Gasteiger partial charge in [-0.05, 0) is 62.7 Å². The summed E-state index contributed by atoms with van der Waals surface area (Å²) in [5, 5.41) is 9.34. The molecule has 0 spiro atoms. The van der Waals surface area contributed by atoms with Gasteiger partial charge in [-0.2, -0.15) is 0 Å². The van der Waals surface area contributed by atoms with Crippen LogP contribution in [-0.2, 0) is 0 Å². The van der Waals surface area contributed by atoms with Gasteiger partial charge in [0.2, 0.25) is 0 Å². The first-order valence-corrected chi connectivity index (χ1v) is 8.34. The molecule has 0 aliphatic rings. The van der Waals surface area contributed by atoms with Gasteiger partial charge in [0.15, 0.2) is 0 Å². The molecule has 0 bridgehead atoms. The van der Waals surface area contributed by atoms with Gasteiger partial charge in [0.25, 0.3) is 0 Å². The highest BCUT2D eigenvalue weighted by molar-refractivity contribution is 5.52. The quantitative estimate of drug-likeness (QED) is 0.584. The van der Waals surface area contributed by atoms with Gasteiger partial charge in [-0.25, -0.2) is 0 Å². The summed E-state index contributed by atoms with van der Waals surface area (Å²) in [6, 6.07) is 16.9. The Morgan fingerprint density at radius 3 is 2.12 bits per heavy atom. The molecule has 0 aromatic heterocycles. The first-order chi connectivity index (χ1) is 12.1. The SMILES string of the molecule is C/C=C(\C(C#Cc1ccccc1)=C/C)C(C)C#Cc1ccc(O)cc1. The van der Waals surface area contributed by atoms with Gasteiger partial charge in [-0.1, -0.05) is 54.0 Å². The third-order valence-corrected chi connectivity index (χ3v) is 3.79. The lowest BCUT2D eigenvalue weighted by Gasteiger charge is -2.09. The van der Waals surface area contributed by atoms with Gasteiger partial charge in [-0.15, -0.1) is 0 Å². The van der Waals surface area contributed by atoms with Gasteiger partial charge < -0.3 is 5.11 Å². The first kappa shape index (κ1) is 18.2. The van der Waals surface area contributed by atoms with Crippen LogP contribution in [0.1, 0.15) is 31.9 Å². The monoisotopic (exact) mass is 326 g/mol. The van der Waals surface area contributed by atoms with Crippen molar-refractivity contribution in [1.82, 2.24) is 0 Å². The van der Waals surface area contributed by atoms with E-state index in [1.807, 2.05) is 62.4 Å². The predicted molar refractivity (Wildman–Crippen MR) is 105 cm³/mol. The van der Waals surface area contributed by atoms with Gasteiger partial charge in [-0.3, -0.25) is 0 Å². The average molecular weight is 326 g/mol. The lowest BCUT2D eigenvalue weighted by Crippen LogP contribution is -1.99. The summed E-state index contributed by atoms with van der Waals surface area (Å²) < 4.78 is 0. The van der Waals surface area contributed by atoms with Gasteiger partial charge in [0.1, 0.15) is 5.75 Å². The molecule has 25 heavy (non-hydrogen) atoms. The fourth-order valence-corrected chi connectivity index (χ4v) is 2.42. The predicted octanol–water partition coefficient (Wildman–Crippen LogP) is 5.32. The Balaban J connectivity index is 2.20. The molecule has 0 aliphatic carbocycles. The zero-order chi connectivity index (χ0) is 18.1. The zero-order valence-electron chi connectivity index (χ0n) is 14.9. The minimum atomic E-state index is 0.0649. The molecular formula is C24H22O. The molecule has 0 saturated heterocycles. The van der Waals surface area contributed by atoms with Crippen LogP contribution < -0.4 is 0 Å². The van der Waals surface area contributed by atoms with Gasteiger partial charge in [0, 0.05) is 22.6 Å². The normalized spacial score (nSPS) is 12.4. The lowest BCUT2D eigenvalue weighted by atomic mass is 9.93. The molecule has 0 radical (unpaired) electrons. The van der Waals surface area contributed by atoms with E-state index in [-0.39, 0.29) is 11.7 Å². The Hall–Kier alpha value is -3.16. The van der Waals surface area contributed by atoms with E-state index in [9.17, 15) is 5.11 Å².